The molecule has 1 fully saturated rings. The van der Waals surface area contributed by atoms with Crippen LogP contribution < -0.4 is 4.90 Å². The topological polar surface area (TPSA) is 54.5 Å². The first-order valence-electron chi connectivity index (χ1n) is 10.4. The summed E-state index contributed by atoms with van der Waals surface area (Å²) >= 11 is 1.91. The second kappa shape index (κ2) is 9.89. The van der Waals surface area contributed by atoms with Crippen LogP contribution in [0.15, 0.2) is 64.4 Å². The van der Waals surface area contributed by atoms with Crippen molar-refractivity contribution in [2.24, 2.45) is 0 Å². The normalized spacial score (nSPS) is 15.4. The number of thioether (sulfide) groups is 1. The predicted octanol–water partition coefficient (Wildman–Crippen LogP) is 3.86. The maximum atomic E-state index is 10.9. The number of amides is 1. The molecule has 3 aromatic rings. The molecule has 1 aromatic carbocycles. The van der Waals surface area contributed by atoms with Crippen LogP contribution in [0.5, 0.6) is 0 Å². The molecule has 1 amide bonds. The van der Waals surface area contributed by atoms with E-state index < -0.39 is 0 Å². The van der Waals surface area contributed by atoms with E-state index in [1.165, 1.54) is 10.6 Å². The third-order valence-corrected chi connectivity index (χ3v) is 6.71. The van der Waals surface area contributed by atoms with Gasteiger partial charge in [-0.3, -0.25) is 4.79 Å². The van der Waals surface area contributed by atoms with Crippen molar-refractivity contribution in [3.8, 4) is 0 Å². The predicted molar refractivity (Wildman–Crippen MR) is 120 cm³/mol. The Morgan fingerprint density at radius 1 is 1.13 bits per heavy atom. The van der Waals surface area contributed by atoms with E-state index in [4.69, 9.17) is 4.42 Å². The molecule has 0 saturated carbocycles. The third-order valence-electron chi connectivity index (χ3n) is 5.45. The van der Waals surface area contributed by atoms with Crippen LogP contribution in [0.3, 0.4) is 0 Å². The highest BCUT2D eigenvalue weighted by Gasteiger charge is 2.17. The van der Waals surface area contributed by atoms with Gasteiger partial charge in [-0.05, 0) is 49.7 Å². The Balaban J connectivity index is 1.38. The Bertz CT molecular complexity index is 915. The Morgan fingerprint density at radius 2 is 1.93 bits per heavy atom. The fourth-order valence-electron chi connectivity index (χ4n) is 3.75. The first kappa shape index (κ1) is 20.6. The number of carbonyl (C=O) groups is 1. The van der Waals surface area contributed by atoms with Crippen molar-refractivity contribution in [2.75, 3.05) is 31.1 Å². The lowest BCUT2D eigenvalue weighted by Gasteiger charge is -2.34. The molecule has 2 aromatic heterocycles. The summed E-state index contributed by atoms with van der Waals surface area (Å²) in [7, 11) is 0. The van der Waals surface area contributed by atoms with E-state index in [9.17, 15) is 4.79 Å². The molecule has 30 heavy (non-hydrogen) atoms. The summed E-state index contributed by atoms with van der Waals surface area (Å²) in [6, 6.07) is 12.9. The molecule has 1 aliphatic rings. The minimum atomic E-state index is 0.423. The highest BCUT2D eigenvalue weighted by Crippen LogP contribution is 2.30. The molecule has 1 saturated heterocycles. The third kappa shape index (κ3) is 5.48. The molecule has 7 heteroatoms. The molecular weight excluding hydrogens is 396 g/mol. The molecule has 158 valence electrons. The molecule has 0 bridgehead atoms. The Kier molecular flexibility index (Phi) is 6.79. The average molecular weight is 425 g/mol. The summed E-state index contributed by atoms with van der Waals surface area (Å²) in [5.41, 5.74) is 1.22. The van der Waals surface area contributed by atoms with Crippen LogP contribution in [0.4, 0.5) is 5.69 Å². The number of carbonyl (C=O) groups excluding carboxylic acids is 1. The maximum absolute atomic E-state index is 10.9. The number of hydrogen-bond donors (Lipinski definition) is 0. The summed E-state index contributed by atoms with van der Waals surface area (Å²) in [6.07, 6.45) is 8.64. The smallest absolute Gasteiger partial charge is 0.209 e. The zero-order chi connectivity index (χ0) is 20.8. The van der Waals surface area contributed by atoms with Gasteiger partial charge in [0, 0.05) is 67.4 Å². The molecule has 0 N–H and O–H groups in total. The van der Waals surface area contributed by atoms with Crippen molar-refractivity contribution in [3.05, 3.63) is 66.6 Å². The van der Waals surface area contributed by atoms with E-state index in [2.05, 4.69) is 44.8 Å². The van der Waals surface area contributed by atoms with Gasteiger partial charge in [0.2, 0.25) is 6.41 Å². The number of hydrogen-bond acceptors (Lipinski definition) is 5. The van der Waals surface area contributed by atoms with Gasteiger partial charge in [-0.25, -0.2) is 4.98 Å². The summed E-state index contributed by atoms with van der Waals surface area (Å²) in [5, 5.41) is 0.423. The number of imidazole rings is 1. The molecule has 1 aliphatic heterocycles. The van der Waals surface area contributed by atoms with Crippen LogP contribution in [0.1, 0.15) is 17.9 Å². The quantitative estimate of drug-likeness (QED) is 0.386. The lowest BCUT2D eigenvalue weighted by molar-refractivity contribution is -0.118. The van der Waals surface area contributed by atoms with Crippen molar-refractivity contribution >= 4 is 23.9 Å². The van der Waals surface area contributed by atoms with Crippen LogP contribution in [-0.4, -0.2) is 52.3 Å². The lowest BCUT2D eigenvalue weighted by Crippen LogP contribution is -2.45. The first-order valence-corrected chi connectivity index (χ1v) is 11.3. The molecule has 6 nitrogen and oxygen atoms in total. The van der Waals surface area contributed by atoms with Crippen molar-refractivity contribution in [1.29, 1.82) is 0 Å². The summed E-state index contributed by atoms with van der Waals surface area (Å²) < 4.78 is 7.90. The number of anilines is 1. The number of aromatic nitrogens is 2. The Morgan fingerprint density at radius 3 is 2.57 bits per heavy atom. The van der Waals surface area contributed by atoms with E-state index in [-0.39, 0.29) is 0 Å². The first-order chi connectivity index (χ1) is 14.7. The van der Waals surface area contributed by atoms with Crippen molar-refractivity contribution < 1.29 is 9.21 Å². The minimum absolute atomic E-state index is 0.423. The summed E-state index contributed by atoms with van der Waals surface area (Å²) in [5.74, 6) is 2.02. The molecule has 4 rings (SSSR count). The highest BCUT2D eigenvalue weighted by atomic mass is 32.2. The van der Waals surface area contributed by atoms with Gasteiger partial charge < -0.3 is 18.8 Å². The fourth-order valence-corrected chi connectivity index (χ4v) is 4.91. The average Bonchev–Trinajstić information content (AvgIpc) is 3.44. The lowest BCUT2D eigenvalue weighted by atomic mass is 10.2. The number of benzene rings is 1. The molecule has 3 heterocycles. The van der Waals surface area contributed by atoms with Gasteiger partial charge in [-0.2, -0.15) is 0 Å². The maximum Gasteiger partial charge on any atom is 0.209 e. The zero-order valence-electron chi connectivity index (χ0n) is 17.3. The summed E-state index contributed by atoms with van der Waals surface area (Å²) in [6.45, 7) is 6.26. The van der Waals surface area contributed by atoms with Crippen molar-refractivity contribution in [1.82, 2.24) is 14.5 Å². The van der Waals surface area contributed by atoms with Gasteiger partial charge >= 0.3 is 0 Å². The van der Waals surface area contributed by atoms with Crippen LogP contribution in [-0.2, 0) is 17.8 Å². The van der Waals surface area contributed by atoms with E-state index >= 15 is 0 Å². The number of aryl methyl sites for hydroxylation is 2. The SMILES string of the molecule is Cc1ccc(CCC(Cn2ccnc2)Sc2ccc(N3CCN(C=O)CC3)cc2)o1. The molecule has 0 spiro atoms. The monoisotopic (exact) mass is 424 g/mol. The zero-order valence-corrected chi connectivity index (χ0v) is 18.1. The molecular formula is C23H28N4O2S. The Labute approximate surface area is 181 Å². The van der Waals surface area contributed by atoms with Crippen LogP contribution in [0, 0.1) is 6.92 Å². The fraction of sp³-hybridized carbons (Fsp3) is 0.391. The van der Waals surface area contributed by atoms with E-state index in [1.54, 1.807) is 0 Å². The van der Waals surface area contributed by atoms with Gasteiger partial charge in [0.05, 0.1) is 6.33 Å². The van der Waals surface area contributed by atoms with Gasteiger partial charge in [0.25, 0.3) is 0 Å². The highest BCUT2D eigenvalue weighted by molar-refractivity contribution is 8.00. The standard InChI is InChI=1S/C23H28N4O2S/c1-19-2-5-21(29-19)6-9-23(16-26-11-10-24-17-26)30-22-7-3-20(4-8-22)27-14-12-25(18-28)13-15-27/h2-5,7-8,10-11,17-18,23H,6,9,12-16H2,1H3. The molecule has 0 radical (unpaired) electrons. The van der Waals surface area contributed by atoms with Crippen molar-refractivity contribution in [2.45, 2.75) is 36.5 Å². The van der Waals surface area contributed by atoms with Gasteiger partial charge in [-0.1, -0.05) is 0 Å². The van der Waals surface area contributed by atoms with Gasteiger partial charge in [0.15, 0.2) is 0 Å². The molecule has 1 atom stereocenters. The summed E-state index contributed by atoms with van der Waals surface area (Å²) in [4.78, 5) is 20.5. The van der Waals surface area contributed by atoms with Crippen LogP contribution >= 0.6 is 11.8 Å². The Hall–Kier alpha value is -2.67. The van der Waals surface area contributed by atoms with E-state index in [0.717, 1.165) is 63.5 Å². The van der Waals surface area contributed by atoms with E-state index in [0.29, 0.717) is 5.25 Å². The van der Waals surface area contributed by atoms with Gasteiger partial charge in [0.1, 0.15) is 11.5 Å². The second-order valence-corrected chi connectivity index (χ2v) is 9.05. The van der Waals surface area contributed by atoms with Gasteiger partial charge in [-0.15, -0.1) is 11.8 Å². The van der Waals surface area contributed by atoms with E-state index in [1.807, 2.05) is 48.4 Å². The number of piperazine rings is 1. The molecule has 1 unspecified atom stereocenters. The van der Waals surface area contributed by atoms with Crippen LogP contribution in [0.2, 0.25) is 0 Å². The van der Waals surface area contributed by atoms with Crippen LogP contribution in [0.25, 0.3) is 0 Å². The molecule has 0 aliphatic carbocycles. The minimum Gasteiger partial charge on any atom is -0.466 e. The number of nitrogens with zero attached hydrogens (tertiary/aromatic N) is 4. The second-order valence-electron chi connectivity index (χ2n) is 7.67. The largest absolute Gasteiger partial charge is 0.466 e. The van der Waals surface area contributed by atoms with Crippen molar-refractivity contribution in [3.63, 3.8) is 0 Å². The number of furan rings is 1. The number of rotatable bonds is 9.